The highest BCUT2D eigenvalue weighted by Gasteiger charge is 2.13. The van der Waals surface area contributed by atoms with Gasteiger partial charge in [0, 0.05) is 23.6 Å². The van der Waals surface area contributed by atoms with Gasteiger partial charge >= 0.3 is 0 Å². The van der Waals surface area contributed by atoms with Crippen molar-refractivity contribution in [2.24, 2.45) is 0 Å². The minimum Gasteiger partial charge on any atom is -0.454 e. The van der Waals surface area contributed by atoms with Gasteiger partial charge in [0.25, 0.3) is 5.91 Å². The molecule has 0 bridgehead atoms. The van der Waals surface area contributed by atoms with Crippen molar-refractivity contribution in [2.45, 2.75) is 13.1 Å². The maximum atomic E-state index is 13.1. The summed E-state index contributed by atoms with van der Waals surface area (Å²) in [6, 6.07) is 9.34. The lowest BCUT2D eigenvalue weighted by Gasteiger charge is -2.04. The van der Waals surface area contributed by atoms with Crippen molar-refractivity contribution >= 4 is 23.2 Å². The number of halogens is 2. The molecule has 3 heterocycles. The minimum atomic E-state index is -0.396. The molecule has 28 heavy (non-hydrogen) atoms. The van der Waals surface area contributed by atoms with Crippen LogP contribution in [0.25, 0.3) is 0 Å². The number of anilines is 1. The highest BCUT2D eigenvalue weighted by Crippen LogP contribution is 2.19. The van der Waals surface area contributed by atoms with Crippen LogP contribution < -0.4 is 5.32 Å². The smallest absolute Gasteiger partial charge is 0.291 e. The van der Waals surface area contributed by atoms with E-state index in [-0.39, 0.29) is 11.7 Å². The number of nitrogens with one attached hydrogen (secondary N) is 1. The molecular formula is C19H15ClFN5O2. The van der Waals surface area contributed by atoms with Crippen LogP contribution in [0.4, 0.5) is 10.1 Å². The molecule has 0 atom stereocenters. The predicted octanol–water partition coefficient (Wildman–Crippen LogP) is 3.81. The topological polar surface area (TPSA) is 77.9 Å². The van der Waals surface area contributed by atoms with Gasteiger partial charge in [0.1, 0.15) is 11.6 Å². The number of hydrogen-bond acceptors (Lipinski definition) is 4. The van der Waals surface area contributed by atoms with Gasteiger partial charge in [-0.3, -0.25) is 14.2 Å². The van der Waals surface area contributed by atoms with E-state index in [9.17, 15) is 9.18 Å². The fraction of sp³-hybridized carbons (Fsp3) is 0.105. The SMILES string of the molecule is O=C(Nc1cnn(Cc2ccc(F)cc2Cl)c1)c1ccc(Cn2cccn2)o1. The number of nitrogens with zero attached hydrogens (tertiary/aromatic N) is 4. The highest BCUT2D eigenvalue weighted by atomic mass is 35.5. The maximum Gasteiger partial charge on any atom is 0.291 e. The first-order valence-corrected chi connectivity index (χ1v) is 8.78. The fourth-order valence-electron chi connectivity index (χ4n) is 2.67. The van der Waals surface area contributed by atoms with Crippen molar-refractivity contribution in [1.82, 2.24) is 19.6 Å². The Morgan fingerprint density at radius 2 is 2.07 bits per heavy atom. The van der Waals surface area contributed by atoms with Crippen molar-refractivity contribution in [1.29, 1.82) is 0 Å². The molecule has 0 saturated carbocycles. The highest BCUT2D eigenvalue weighted by molar-refractivity contribution is 6.31. The van der Waals surface area contributed by atoms with E-state index in [2.05, 4.69) is 15.5 Å². The van der Waals surface area contributed by atoms with Crippen LogP contribution >= 0.6 is 11.6 Å². The molecule has 0 spiro atoms. The van der Waals surface area contributed by atoms with Crippen LogP contribution in [0.2, 0.25) is 5.02 Å². The number of furan rings is 1. The molecule has 7 nitrogen and oxygen atoms in total. The molecule has 142 valence electrons. The van der Waals surface area contributed by atoms with Crippen molar-refractivity contribution in [3.05, 3.63) is 89.1 Å². The summed E-state index contributed by atoms with van der Waals surface area (Å²) >= 11 is 6.03. The Balaban J connectivity index is 1.39. The number of rotatable bonds is 6. The average Bonchev–Trinajstić information content (AvgIpc) is 3.40. The number of carbonyl (C=O) groups is 1. The number of hydrogen-bond donors (Lipinski definition) is 1. The lowest BCUT2D eigenvalue weighted by Crippen LogP contribution is -2.10. The molecule has 0 saturated heterocycles. The lowest BCUT2D eigenvalue weighted by atomic mass is 10.2. The predicted molar refractivity (Wildman–Crippen MR) is 101 cm³/mol. The van der Waals surface area contributed by atoms with Gasteiger partial charge in [-0.1, -0.05) is 17.7 Å². The molecule has 0 unspecified atom stereocenters. The second-order valence-corrected chi connectivity index (χ2v) is 6.49. The third-order valence-corrected chi connectivity index (χ3v) is 4.35. The molecule has 0 aliphatic rings. The molecule has 4 aromatic rings. The first-order chi connectivity index (χ1) is 13.6. The van der Waals surface area contributed by atoms with Crippen LogP contribution in [-0.4, -0.2) is 25.5 Å². The van der Waals surface area contributed by atoms with Gasteiger partial charge in [-0.25, -0.2) is 4.39 Å². The quantitative estimate of drug-likeness (QED) is 0.534. The van der Waals surface area contributed by atoms with E-state index in [4.69, 9.17) is 16.0 Å². The minimum absolute atomic E-state index is 0.191. The van der Waals surface area contributed by atoms with E-state index in [0.29, 0.717) is 29.6 Å². The Labute approximate surface area is 164 Å². The van der Waals surface area contributed by atoms with Gasteiger partial charge in [-0.05, 0) is 35.9 Å². The standard InChI is InChI=1S/C19H15ClFN5O2/c20-17-8-14(21)3-2-13(17)10-26-11-15(9-23-26)24-19(27)18-5-4-16(28-18)12-25-7-1-6-22-25/h1-9,11H,10,12H2,(H,24,27). The number of carbonyl (C=O) groups excluding carboxylic acids is 1. The molecule has 1 aromatic carbocycles. The van der Waals surface area contributed by atoms with Crippen LogP contribution in [0.3, 0.4) is 0 Å². The van der Waals surface area contributed by atoms with Gasteiger partial charge in [0.2, 0.25) is 0 Å². The number of aromatic nitrogens is 4. The van der Waals surface area contributed by atoms with Crippen LogP contribution in [0.1, 0.15) is 21.9 Å². The van der Waals surface area contributed by atoms with Gasteiger partial charge in [0.05, 0.1) is 25.0 Å². The van der Waals surface area contributed by atoms with E-state index in [1.165, 1.54) is 18.3 Å². The zero-order valence-corrected chi connectivity index (χ0v) is 15.3. The molecule has 4 rings (SSSR count). The summed E-state index contributed by atoms with van der Waals surface area (Å²) in [4.78, 5) is 12.4. The maximum absolute atomic E-state index is 13.1. The summed E-state index contributed by atoms with van der Waals surface area (Å²) < 4.78 is 22.0. The monoisotopic (exact) mass is 399 g/mol. The van der Waals surface area contributed by atoms with Crippen molar-refractivity contribution in [3.63, 3.8) is 0 Å². The van der Waals surface area contributed by atoms with Gasteiger partial charge in [0.15, 0.2) is 5.76 Å². The van der Waals surface area contributed by atoms with Crippen LogP contribution in [-0.2, 0) is 13.1 Å². The largest absolute Gasteiger partial charge is 0.454 e. The lowest BCUT2D eigenvalue weighted by molar-refractivity contribution is 0.0994. The van der Waals surface area contributed by atoms with E-state index < -0.39 is 5.82 Å². The van der Waals surface area contributed by atoms with Crippen LogP contribution in [0.15, 0.2) is 65.6 Å². The van der Waals surface area contributed by atoms with Gasteiger partial charge in [-0.15, -0.1) is 0 Å². The zero-order chi connectivity index (χ0) is 19.5. The Kier molecular flexibility index (Phi) is 4.94. The van der Waals surface area contributed by atoms with E-state index in [1.807, 2.05) is 12.3 Å². The van der Waals surface area contributed by atoms with Crippen molar-refractivity contribution in [3.8, 4) is 0 Å². The summed E-state index contributed by atoms with van der Waals surface area (Å²) in [5.74, 6) is 0.0330. The van der Waals surface area contributed by atoms with Gasteiger partial charge < -0.3 is 9.73 Å². The average molecular weight is 400 g/mol. The van der Waals surface area contributed by atoms with E-state index in [1.54, 1.807) is 40.0 Å². The summed E-state index contributed by atoms with van der Waals surface area (Å²) in [6.45, 7) is 0.792. The molecule has 1 amide bonds. The second kappa shape index (κ2) is 7.69. The molecule has 0 fully saturated rings. The Bertz CT molecular complexity index is 1100. The first kappa shape index (κ1) is 18.0. The van der Waals surface area contributed by atoms with Crippen molar-refractivity contribution in [2.75, 3.05) is 5.32 Å². The van der Waals surface area contributed by atoms with Crippen LogP contribution in [0.5, 0.6) is 0 Å². The number of benzene rings is 1. The fourth-order valence-corrected chi connectivity index (χ4v) is 2.90. The molecule has 3 aromatic heterocycles. The molecule has 0 aliphatic carbocycles. The van der Waals surface area contributed by atoms with E-state index in [0.717, 1.165) is 5.56 Å². The molecular weight excluding hydrogens is 385 g/mol. The summed E-state index contributed by atoms with van der Waals surface area (Å²) in [6.07, 6.45) is 6.66. The molecule has 9 heteroatoms. The Hall–Kier alpha value is -3.39. The Morgan fingerprint density at radius 1 is 1.18 bits per heavy atom. The van der Waals surface area contributed by atoms with Crippen LogP contribution in [0, 0.1) is 5.82 Å². The van der Waals surface area contributed by atoms with Gasteiger partial charge in [-0.2, -0.15) is 10.2 Å². The number of amides is 1. The molecule has 0 radical (unpaired) electrons. The summed E-state index contributed by atoms with van der Waals surface area (Å²) in [7, 11) is 0. The first-order valence-electron chi connectivity index (χ1n) is 8.41. The van der Waals surface area contributed by atoms with E-state index >= 15 is 0 Å². The third-order valence-electron chi connectivity index (χ3n) is 4.00. The summed E-state index contributed by atoms with van der Waals surface area (Å²) in [5, 5.41) is 11.3. The Morgan fingerprint density at radius 3 is 2.86 bits per heavy atom. The second-order valence-electron chi connectivity index (χ2n) is 6.09. The zero-order valence-electron chi connectivity index (χ0n) is 14.5. The van der Waals surface area contributed by atoms with Crippen molar-refractivity contribution < 1.29 is 13.6 Å². The normalized spacial score (nSPS) is 10.9. The molecule has 1 N–H and O–H groups in total. The molecule has 0 aliphatic heterocycles. The third kappa shape index (κ3) is 4.12. The summed E-state index contributed by atoms with van der Waals surface area (Å²) in [5.41, 5.74) is 1.23.